The Morgan fingerprint density at radius 1 is 1.16 bits per heavy atom. The van der Waals surface area contributed by atoms with E-state index in [4.69, 9.17) is 10.5 Å². The molecule has 2 N–H and O–H groups in total. The Labute approximate surface area is 113 Å². The number of anilines is 1. The Kier molecular flexibility index (Phi) is 3.24. The Morgan fingerprint density at radius 3 is 2.58 bits per heavy atom. The van der Waals surface area contributed by atoms with Gasteiger partial charge in [0.1, 0.15) is 0 Å². The van der Waals surface area contributed by atoms with Crippen molar-refractivity contribution in [1.82, 2.24) is 4.31 Å². The first-order chi connectivity index (χ1) is 9.07. The van der Waals surface area contributed by atoms with Crippen LogP contribution in [-0.4, -0.2) is 31.2 Å². The van der Waals surface area contributed by atoms with E-state index in [1.807, 2.05) is 18.2 Å². The van der Waals surface area contributed by atoms with E-state index in [0.717, 1.165) is 11.1 Å². The summed E-state index contributed by atoms with van der Waals surface area (Å²) in [7, 11) is -3.23. The van der Waals surface area contributed by atoms with Gasteiger partial charge in [-0.3, -0.25) is 0 Å². The van der Waals surface area contributed by atoms with Crippen molar-refractivity contribution in [3.05, 3.63) is 29.3 Å². The molecule has 104 valence electrons. The van der Waals surface area contributed by atoms with E-state index in [0.29, 0.717) is 44.8 Å². The van der Waals surface area contributed by atoms with Gasteiger partial charge in [-0.25, -0.2) is 8.42 Å². The molecule has 3 rings (SSSR count). The summed E-state index contributed by atoms with van der Waals surface area (Å²) >= 11 is 0. The summed E-state index contributed by atoms with van der Waals surface area (Å²) in [6.07, 6.45) is 1.19. The molecule has 0 bridgehead atoms. The van der Waals surface area contributed by atoms with Gasteiger partial charge in [0.2, 0.25) is 10.0 Å². The SMILES string of the molecule is Nc1ccc2c(c1)CN(S(=O)(=O)C1CCOCC1)C2. The highest BCUT2D eigenvalue weighted by atomic mass is 32.2. The summed E-state index contributed by atoms with van der Waals surface area (Å²) in [5, 5.41) is -0.298. The van der Waals surface area contributed by atoms with Crippen molar-refractivity contribution in [2.45, 2.75) is 31.2 Å². The van der Waals surface area contributed by atoms with Crippen molar-refractivity contribution in [3.8, 4) is 0 Å². The highest BCUT2D eigenvalue weighted by molar-refractivity contribution is 7.89. The summed E-state index contributed by atoms with van der Waals surface area (Å²) < 4.78 is 32.0. The molecule has 0 atom stereocenters. The average Bonchev–Trinajstić information content (AvgIpc) is 2.83. The summed E-state index contributed by atoms with van der Waals surface area (Å²) in [4.78, 5) is 0. The van der Waals surface area contributed by atoms with Gasteiger partial charge in [0, 0.05) is 32.0 Å². The first-order valence-corrected chi connectivity index (χ1v) is 8.01. The van der Waals surface area contributed by atoms with Crippen molar-refractivity contribution in [2.24, 2.45) is 0 Å². The van der Waals surface area contributed by atoms with Crippen molar-refractivity contribution in [2.75, 3.05) is 18.9 Å². The second kappa shape index (κ2) is 4.77. The Balaban J connectivity index is 1.81. The minimum absolute atomic E-state index is 0.298. The lowest BCUT2D eigenvalue weighted by Gasteiger charge is -2.26. The topological polar surface area (TPSA) is 72.6 Å². The number of benzene rings is 1. The van der Waals surface area contributed by atoms with Gasteiger partial charge in [-0.15, -0.1) is 0 Å². The number of sulfonamides is 1. The summed E-state index contributed by atoms with van der Waals surface area (Å²) in [5.41, 5.74) is 8.51. The standard InChI is InChI=1S/C13H18N2O3S/c14-12-2-1-10-8-15(9-11(10)7-12)19(16,17)13-3-5-18-6-4-13/h1-2,7,13H,3-6,8-9,14H2. The lowest BCUT2D eigenvalue weighted by Crippen LogP contribution is -2.38. The van der Waals surface area contributed by atoms with E-state index in [-0.39, 0.29) is 5.25 Å². The minimum atomic E-state index is -3.23. The van der Waals surface area contributed by atoms with Crippen LogP contribution in [0.15, 0.2) is 18.2 Å². The van der Waals surface area contributed by atoms with Gasteiger partial charge < -0.3 is 10.5 Å². The van der Waals surface area contributed by atoms with Crippen molar-refractivity contribution < 1.29 is 13.2 Å². The highest BCUT2D eigenvalue weighted by Crippen LogP contribution is 2.30. The minimum Gasteiger partial charge on any atom is -0.399 e. The second-order valence-corrected chi connectivity index (χ2v) is 7.37. The van der Waals surface area contributed by atoms with Crippen LogP contribution in [0.3, 0.4) is 0 Å². The number of nitrogens with two attached hydrogens (primary N) is 1. The molecule has 2 aliphatic rings. The van der Waals surface area contributed by atoms with Crippen molar-refractivity contribution in [3.63, 3.8) is 0 Å². The molecule has 1 saturated heterocycles. The van der Waals surface area contributed by atoms with Crippen LogP contribution in [0.2, 0.25) is 0 Å². The molecule has 6 heteroatoms. The number of nitrogen functional groups attached to an aromatic ring is 1. The van der Waals surface area contributed by atoms with E-state index in [9.17, 15) is 8.42 Å². The maximum Gasteiger partial charge on any atom is 0.217 e. The van der Waals surface area contributed by atoms with E-state index < -0.39 is 10.0 Å². The number of rotatable bonds is 2. The van der Waals surface area contributed by atoms with Crippen LogP contribution in [-0.2, 0) is 27.8 Å². The van der Waals surface area contributed by atoms with Gasteiger partial charge in [-0.1, -0.05) is 6.07 Å². The lowest BCUT2D eigenvalue weighted by atomic mass is 10.1. The zero-order chi connectivity index (χ0) is 13.5. The third-order valence-corrected chi connectivity index (χ3v) is 6.17. The van der Waals surface area contributed by atoms with Crippen LogP contribution in [0.1, 0.15) is 24.0 Å². The van der Waals surface area contributed by atoms with Gasteiger partial charge in [0.25, 0.3) is 0 Å². The van der Waals surface area contributed by atoms with Crippen LogP contribution in [0.25, 0.3) is 0 Å². The fourth-order valence-corrected chi connectivity index (χ4v) is 4.60. The van der Waals surface area contributed by atoms with E-state index in [2.05, 4.69) is 0 Å². The van der Waals surface area contributed by atoms with E-state index in [1.54, 1.807) is 4.31 Å². The number of ether oxygens (including phenoxy) is 1. The highest BCUT2D eigenvalue weighted by Gasteiger charge is 2.36. The molecule has 5 nitrogen and oxygen atoms in total. The van der Waals surface area contributed by atoms with Gasteiger partial charge in [0.05, 0.1) is 5.25 Å². The molecule has 2 aliphatic heterocycles. The number of nitrogens with zero attached hydrogens (tertiary/aromatic N) is 1. The van der Waals surface area contributed by atoms with Crippen LogP contribution in [0.4, 0.5) is 5.69 Å². The second-order valence-electron chi connectivity index (χ2n) is 5.15. The molecular weight excluding hydrogens is 264 g/mol. The molecule has 1 fully saturated rings. The zero-order valence-electron chi connectivity index (χ0n) is 10.7. The smallest absolute Gasteiger partial charge is 0.217 e. The third-order valence-electron chi connectivity index (χ3n) is 3.87. The van der Waals surface area contributed by atoms with Crippen molar-refractivity contribution in [1.29, 1.82) is 0 Å². The lowest BCUT2D eigenvalue weighted by molar-refractivity contribution is 0.0972. The molecular formula is C13H18N2O3S. The number of fused-ring (bicyclic) bond motifs is 1. The molecule has 0 saturated carbocycles. The predicted octanol–water partition coefficient (Wildman–Crippen LogP) is 1.09. The first kappa shape index (κ1) is 12.9. The molecule has 0 unspecified atom stereocenters. The molecule has 19 heavy (non-hydrogen) atoms. The van der Waals surface area contributed by atoms with Gasteiger partial charge in [-0.2, -0.15) is 4.31 Å². The number of hydrogen-bond acceptors (Lipinski definition) is 4. The molecule has 0 amide bonds. The summed E-state index contributed by atoms with van der Waals surface area (Å²) in [6.45, 7) is 1.99. The fraction of sp³-hybridized carbons (Fsp3) is 0.538. The Morgan fingerprint density at radius 2 is 1.84 bits per heavy atom. The molecule has 0 aromatic heterocycles. The summed E-state index contributed by atoms with van der Waals surface area (Å²) in [6, 6.07) is 5.61. The average molecular weight is 282 g/mol. The largest absolute Gasteiger partial charge is 0.399 e. The molecule has 0 aliphatic carbocycles. The molecule has 2 heterocycles. The molecule has 1 aromatic carbocycles. The van der Waals surface area contributed by atoms with Crippen LogP contribution >= 0.6 is 0 Å². The maximum atomic E-state index is 12.6. The molecule has 0 radical (unpaired) electrons. The normalized spacial score (nSPS) is 21.5. The van der Waals surface area contributed by atoms with Crippen LogP contribution in [0.5, 0.6) is 0 Å². The summed E-state index contributed by atoms with van der Waals surface area (Å²) in [5.74, 6) is 0. The monoisotopic (exact) mass is 282 g/mol. The van der Waals surface area contributed by atoms with Crippen LogP contribution < -0.4 is 5.73 Å². The third kappa shape index (κ3) is 2.35. The fourth-order valence-electron chi connectivity index (χ4n) is 2.75. The Hall–Kier alpha value is -1.11. The maximum absolute atomic E-state index is 12.6. The van der Waals surface area contributed by atoms with E-state index >= 15 is 0 Å². The first-order valence-electron chi connectivity index (χ1n) is 6.51. The van der Waals surface area contributed by atoms with Crippen molar-refractivity contribution >= 4 is 15.7 Å². The van der Waals surface area contributed by atoms with E-state index in [1.165, 1.54) is 0 Å². The quantitative estimate of drug-likeness (QED) is 0.824. The van der Waals surface area contributed by atoms with Gasteiger partial charge in [0.15, 0.2) is 0 Å². The Bertz CT molecular complexity index is 580. The predicted molar refractivity (Wildman–Crippen MR) is 72.9 cm³/mol. The van der Waals surface area contributed by atoms with Gasteiger partial charge in [-0.05, 0) is 36.1 Å². The van der Waals surface area contributed by atoms with Gasteiger partial charge >= 0.3 is 0 Å². The molecule has 1 aromatic rings. The molecule has 0 spiro atoms. The zero-order valence-corrected chi connectivity index (χ0v) is 11.5. The number of hydrogen-bond donors (Lipinski definition) is 1. The van der Waals surface area contributed by atoms with Crippen LogP contribution in [0, 0.1) is 0 Å².